The molecule has 154 valence electrons. The van der Waals surface area contributed by atoms with Gasteiger partial charge in [0.2, 0.25) is 5.91 Å². The van der Waals surface area contributed by atoms with E-state index in [0.29, 0.717) is 11.4 Å². The van der Waals surface area contributed by atoms with Gasteiger partial charge >= 0.3 is 6.18 Å². The number of hydrogen-bond donors (Lipinski definition) is 1. The lowest BCUT2D eigenvalue weighted by molar-refractivity contribution is -0.137. The van der Waals surface area contributed by atoms with Gasteiger partial charge in [-0.15, -0.1) is 0 Å². The van der Waals surface area contributed by atoms with Crippen molar-refractivity contribution in [2.45, 2.75) is 39.1 Å². The second-order valence-corrected chi connectivity index (χ2v) is 7.20. The summed E-state index contributed by atoms with van der Waals surface area (Å²) >= 11 is 5.95. The van der Waals surface area contributed by atoms with Gasteiger partial charge in [0.25, 0.3) is 5.91 Å². The van der Waals surface area contributed by atoms with E-state index in [1.165, 1.54) is 11.8 Å². The summed E-state index contributed by atoms with van der Waals surface area (Å²) in [5.41, 5.74) is 0.151. The van der Waals surface area contributed by atoms with E-state index in [1.54, 1.807) is 19.1 Å². The number of benzene rings is 2. The van der Waals surface area contributed by atoms with Crippen molar-refractivity contribution >= 4 is 34.8 Å². The molecule has 1 N–H and O–H groups in total. The van der Waals surface area contributed by atoms with E-state index in [9.17, 15) is 22.8 Å². The standard InChI is InChI=1S/C20H18ClF3N2O3/c1-10-4-7-17-16(8-10)26(19(28)12(3)29-17)11(2)18(27)25-15-9-13(20(22,23)24)5-6-14(15)21/h4-9,11-12H,1-3H3,(H,25,27). The Morgan fingerprint density at radius 2 is 1.93 bits per heavy atom. The number of aryl methyl sites for hydroxylation is 1. The van der Waals surface area contributed by atoms with Crippen LogP contribution in [0.4, 0.5) is 24.5 Å². The number of carbonyl (C=O) groups is 2. The van der Waals surface area contributed by atoms with Crippen LogP contribution in [-0.4, -0.2) is 24.0 Å². The van der Waals surface area contributed by atoms with Crippen molar-refractivity contribution in [1.29, 1.82) is 0 Å². The minimum Gasteiger partial charge on any atom is -0.479 e. The second kappa shape index (κ2) is 7.59. The number of anilines is 2. The summed E-state index contributed by atoms with van der Waals surface area (Å²) in [7, 11) is 0. The van der Waals surface area contributed by atoms with Gasteiger partial charge in [-0.25, -0.2) is 0 Å². The Morgan fingerprint density at radius 3 is 2.59 bits per heavy atom. The first-order valence-corrected chi connectivity index (χ1v) is 9.15. The number of hydrogen-bond acceptors (Lipinski definition) is 3. The van der Waals surface area contributed by atoms with Crippen molar-refractivity contribution < 1.29 is 27.5 Å². The molecule has 0 saturated carbocycles. The van der Waals surface area contributed by atoms with Gasteiger partial charge in [0, 0.05) is 0 Å². The lowest BCUT2D eigenvalue weighted by Gasteiger charge is -2.36. The average molecular weight is 427 g/mol. The third kappa shape index (κ3) is 4.17. The molecule has 9 heteroatoms. The van der Waals surface area contributed by atoms with Crippen molar-refractivity contribution in [1.82, 2.24) is 0 Å². The van der Waals surface area contributed by atoms with E-state index in [1.807, 2.05) is 13.0 Å². The topological polar surface area (TPSA) is 58.6 Å². The van der Waals surface area contributed by atoms with Crippen LogP contribution in [0.1, 0.15) is 25.0 Å². The molecule has 3 rings (SSSR count). The third-order valence-electron chi connectivity index (χ3n) is 4.58. The number of ether oxygens (including phenoxy) is 1. The maximum absolute atomic E-state index is 13.0. The number of fused-ring (bicyclic) bond motifs is 1. The molecule has 1 aliphatic heterocycles. The summed E-state index contributed by atoms with van der Waals surface area (Å²) in [5.74, 6) is -0.665. The molecule has 1 heterocycles. The van der Waals surface area contributed by atoms with Crippen LogP contribution in [0.3, 0.4) is 0 Å². The number of alkyl halides is 3. The number of rotatable bonds is 3. The normalized spacial score (nSPS) is 17.4. The van der Waals surface area contributed by atoms with E-state index in [0.717, 1.165) is 23.8 Å². The van der Waals surface area contributed by atoms with Gasteiger partial charge in [0.1, 0.15) is 11.8 Å². The molecule has 0 saturated heterocycles. The summed E-state index contributed by atoms with van der Waals surface area (Å²) in [6.07, 6.45) is -5.39. The zero-order valence-electron chi connectivity index (χ0n) is 15.8. The summed E-state index contributed by atoms with van der Waals surface area (Å²) in [6.45, 7) is 4.87. The quantitative estimate of drug-likeness (QED) is 0.766. The zero-order valence-corrected chi connectivity index (χ0v) is 16.6. The van der Waals surface area contributed by atoms with Gasteiger partial charge in [0.15, 0.2) is 6.10 Å². The highest BCUT2D eigenvalue weighted by Crippen LogP contribution is 2.37. The third-order valence-corrected chi connectivity index (χ3v) is 4.91. The summed E-state index contributed by atoms with van der Waals surface area (Å²) < 4.78 is 44.5. The minimum atomic E-state index is -4.58. The number of nitrogens with zero attached hydrogens (tertiary/aromatic N) is 1. The lowest BCUT2D eigenvalue weighted by Crippen LogP contribution is -2.52. The summed E-state index contributed by atoms with van der Waals surface area (Å²) in [6, 6.07) is 6.86. The van der Waals surface area contributed by atoms with E-state index >= 15 is 0 Å². The van der Waals surface area contributed by atoms with Crippen LogP contribution >= 0.6 is 11.6 Å². The molecule has 0 bridgehead atoms. The Labute approximate surface area is 170 Å². The first-order valence-electron chi connectivity index (χ1n) is 8.77. The molecule has 0 fully saturated rings. The Hall–Kier alpha value is -2.74. The Balaban J connectivity index is 1.91. The lowest BCUT2D eigenvalue weighted by atomic mass is 10.1. The second-order valence-electron chi connectivity index (χ2n) is 6.80. The predicted octanol–water partition coefficient (Wildman–Crippen LogP) is 4.81. The molecular weight excluding hydrogens is 409 g/mol. The van der Waals surface area contributed by atoms with Crippen LogP contribution in [0.5, 0.6) is 5.75 Å². The van der Waals surface area contributed by atoms with Crippen LogP contribution in [-0.2, 0) is 15.8 Å². The number of nitrogens with one attached hydrogen (secondary N) is 1. The highest BCUT2D eigenvalue weighted by molar-refractivity contribution is 6.33. The average Bonchev–Trinajstić information content (AvgIpc) is 2.63. The van der Waals surface area contributed by atoms with Gasteiger partial charge in [-0.3, -0.25) is 14.5 Å². The summed E-state index contributed by atoms with van der Waals surface area (Å²) in [5, 5.41) is 2.35. The minimum absolute atomic E-state index is 0.0449. The van der Waals surface area contributed by atoms with Crippen LogP contribution in [0.15, 0.2) is 36.4 Å². The van der Waals surface area contributed by atoms with Crippen molar-refractivity contribution in [3.05, 3.63) is 52.5 Å². The van der Waals surface area contributed by atoms with Crippen LogP contribution < -0.4 is 15.0 Å². The van der Waals surface area contributed by atoms with Crippen LogP contribution in [0.25, 0.3) is 0 Å². The molecule has 2 atom stereocenters. The molecule has 29 heavy (non-hydrogen) atoms. The Bertz CT molecular complexity index is 978. The smallest absolute Gasteiger partial charge is 0.416 e. The highest BCUT2D eigenvalue weighted by Gasteiger charge is 2.37. The predicted molar refractivity (Wildman–Crippen MR) is 103 cm³/mol. The maximum atomic E-state index is 13.0. The monoisotopic (exact) mass is 426 g/mol. The zero-order chi connectivity index (χ0) is 21.5. The van der Waals surface area contributed by atoms with E-state index in [2.05, 4.69) is 5.32 Å². The van der Waals surface area contributed by atoms with Crippen molar-refractivity contribution in [3.8, 4) is 5.75 Å². The fourth-order valence-corrected chi connectivity index (χ4v) is 3.19. The molecule has 0 radical (unpaired) electrons. The maximum Gasteiger partial charge on any atom is 0.416 e. The molecular formula is C20H18ClF3N2O3. The number of halogens is 4. The van der Waals surface area contributed by atoms with Gasteiger partial charge < -0.3 is 10.1 Å². The van der Waals surface area contributed by atoms with Crippen LogP contribution in [0, 0.1) is 6.92 Å². The van der Waals surface area contributed by atoms with Crippen molar-refractivity contribution in [3.63, 3.8) is 0 Å². The molecule has 0 spiro atoms. The number of amides is 2. The van der Waals surface area contributed by atoms with Gasteiger partial charge in [-0.05, 0) is 56.7 Å². The SMILES string of the molecule is Cc1ccc2c(c1)N(C(C)C(=O)Nc1cc(C(F)(F)F)ccc1Cl)C(=O)C(C)O2. The molecule has 0 aliphatic carbocycles. The fraction of sp³-hybridized carbons (Fsp3) is 0.300. The molecule has 1 aliphatic rings. The molecule has 0 aromatic heterocycles. The first-order chi connectivity index (χ1) is 13.5. The first kappa shape index (κ1) is 21.0. The number of carbonyl (C=O) groups excluding carboxylic acids is 2. The Morgan fingerprint density at radius 1 is 1.24 bits per heavy atom. The summed E-state index contributed by atoms with van der Waals surface area (Å²) in [4.78, 5) is 26.8. The van der Waals surface area contributed by atoms with Crippen molar-refractivity contribution in [2.75, 3.05) is 10.2 Å². The van der Waals surface area contributed by atoms with Gasteiger partial charge in [0.05, 0.1) is 22.0 Å². The molecule has 2 aromatic carbocycles. The van der Waals surface area contributed by atoms with Crippen LogP contribution in [0.2, 0.25) is 5.02 Å². The fourth-order valence-electron chi connectivity index (χ4n) is 3.02. The van der Waals surface area contributed by atoms with E-state index < -0.39 is 35.7 Å². The highest BCUT2D eigenvalue weighted by atomic mass is 35.5. The molecule has 2 amide bonds. The molecule has 5 nitrogen and oxygen atoms in total. The largest absolute Gasteiger partial charge is 0.479 e. The van der Waals surface area contributed by atoms with E-state index in [-0.39, 0.29) is 10.7 Å². The molecule has 2 aromatic rings. The molecule has 2 unspecified atom stereocenters. The van der Waals surface area contributed by atoms with Gasteiger partial charge in [-0.1, -0.05) is 17.7 Å². The van der Waals surface area contributed by atoms with Crippen molar-refractivity contribution in [2.24, 2.45) is 0 Å². The van der Waals surface area contributed by atoms with E-state index in [4.69, 9.17) is 16.3 Å². The Kier molecular flexibility index (Phi) is 5.49. The van der Waals surface area contributed by atoms with Gasteiger partial charge in [-0.2, -0.15) is 13.2 Å².